The van der Waals surface area contributed by atoms with Gasteiger partial charge in [0, 0.05) is 25.1 Å². The molecule has 2 N–H and O–H groups in total. The lowest BCUT2D eigenvalue weighted by Gasteiger charge is -2.38. The Kier molecular flexibility index (Phi) is 3.92. The number of hydrogen-bond donors (Lipinski definition) is 2. The molecule has 1 aliphatic heterocycles. The first kappa shape index (κ1) is 12.9. The average molecular weight is 252 g/mol. The molecule has 3 rings (SSSR count). The average Bonchev–Trinajstić information content (AvgIpc) is 3.25. The summed E-state index contributed by atoms with van der Waals surface area (Å²) in [5.41, 5.74) is 0.391. The van der Waals surface area contributed by atoms with Gasteiger partial charge in [-0.3, -0.25) is 0 Å². The Labute approximate surface area is 111 Å². The fraction of sp³-hybridized carbons (Fsp3) is 1.00. The van der Waals surface area contributed by atoms with Gasteiger partial charge in [0.05, 0.1) is 6.61 Å². The predicted molar refractivity (Wildman–Crippen MR) is 73.7 cm³/mol. The van der Waals surface area contributed by atoms with Crippen molar-refractivity contribution in [1.82, 2.24) is 10.6 Å². The van der Waals surface area contributed by atoms with Crippen LogP contribution in [0, 0.1) is 17.3 Å². The van der Waals surface area contributed by atoms with Crippen molar-refractivity contribution in [2.75, 3.05) is 33.4 Å². The Morgan fingerprint density at radius 1 is 1.17 bits per heavy atom. The lowest BCUT2D eigenvalue weighted by atomic mass is 9.79. The number of ether oxygens (including phenoxy) is 1. The van der Waals surface area contributed by atoms with Gasteiger partial charge < -0.3 is 15.4 Å². The van der Waals surface area contributed by atoms with Gasteiger partial charge in [0.25, 0.3) is 0 Å². The molecule has 3 heteroatoms. The maximum Gasteiger partial charge on any atom is 0.0531 e. The number of nitrogens with one attached hydrogen (secondary N) is 2. The summed E-state index contributed by atoms with van der Waals surface area (Å²) in [6.07, 6.45) is 8.38. The van der Waals surface area contributed by atoms with Crippen molar-refractivity contribution in [1.29, 1.82) is 0 Å². The van der Waals surface area contributed by atoms with Crippen LogP contribution in [0.5, 0.6) is 0 Å². The maximum atomic E-state index is 5.50. The van der Waals surface area contributed by atoms with E-state index in [1.165, 1.54) is 45.1 Å². The van der Waals surface area contributed by atoms with E-state index in [1.54, 1.807) is 0 Å². The Morgan fingerprint density at radius 2 is 1.78 bits per heavy atom. The molecule has 3 fully saturated rings. The monoisotopic (exact) mass is 252 g/mol. The molecule has 1 saturated heterocycles. The van der Waals surface area contributed by atoms with E-state index in [0.717, 1.165) is 37.6 Å². The van der Waals surface area contributed by atoms with Crippen molar-refractivity contribution in [3.63, 3.8) is 0 Å². The summed E-state index contributed by atoms with van der Waals surface area (Å²) in [6.45, 7) is 4.40. The van der Waals surface area contributed by atoms with E-state index in [2.05, 4.69) is 10.6 Å². The lowest BCUT2D eigenvalue weighted by Crippen LogP contribution is -2.49. The largest absolute Gasteiger partial charge is 0.384 e. The van der Waals surface area contributed by atoms with Gasteiger partial charge in [-0.05, 0) is 63.5 Å². The molecular weight excluding hydrogens is 224 g/mol. The summed E-state index contributed by atoms with van der Waals surface area (Å²) in [7, 11) is 1.85. The summed E-state index contributed by atoms with van der Waals surface area (Å²) in [4.78, 5) is 0. The number of piperidine rings is 1. The summed E-state index contributed by atoms with van der Waals surface area (Å²) in [5, 5.41) is 7.40. The summed E-state index contributed by atoms with van der Waals surface area (Å²) in [5.74, 6) is 2.00. The number of methoxy groups -OCH3 is 1. The fourth-order valence-electron chi connectivity index (χ4n) is 3.60. The van der Waals surface area contributed by atoms with Gasteiger partial charge in [0.2, 0.25) is 0 Å². The molecule has 3 aliphatic rings. The first-order chi connectivity index (χ1) is 8.83. The van der Waals surface area contributed by atoms with Gasteiger partial charge in [-0.15, -0.1) is 0 Å². The molecule has 0 aromatic rings. The van der Waals surface area contributed by atoms with Crippen LogP contribution in [-0.2, 0) is 4.74 Å². The van der Waals surface area contributed by atoms with E-state index in [1.807, 2.05) is 7.11 Å². The normalized spacial score (nSPS) is 27.7. The minimum Gasteiger partial charge on any atom is -0.384 e. The van der Waals surface area contributed by atoms with Crippen LogP contribution in [0.25, 0.3) is 0 Å². The highest BCUT2D eigenvalue weighted by Crippen LogP contribution is 2.45. The Hall–Kier alpha value is -0.120. The molecule has 3 nitrogen and oxygen atoms in total. The first-order valence-corrected chi connectivity index (χ1v) is 7.76. The third-order valence-corrected chi connectivity index (χ3v) is 5.09. The van der Waals surface area contributed by atoms with Gasteiger partial charge in [-0.25, -0.2) is 0 Å². The highest BCUT2D eigenvalue weighted by molar-refractivity contribution is 4.98. The SMILES string of the molecule is COCC1(CNC(C2CC2)C2CC2)CCNCC1. The minimum atomic E-state index is 0.391. The molecule has 0 aromatic heterocycles. The molecule has 0 unspecified atom stereocenters. The highest BCUT2D eigenvalue weighted by atomic mass is 16.5. The standard InChI is InChI=1S/C15H28N2O/c1-18-11-15(6-8-16-9-7-15)10-17-14(12-2-3-12)13-4-5-13/h12-14,16-17H,2-11H2,1H3. The van der Waals surface area contributed by atoms with Gasteiger partial charge >= 0.3 is 0 Å². The van der Waals surface area contributed by atoms with Crippen LogP contribution >= 0.6 is 0 Å². The number of rotatable bonds is 7. The molecule has 104 valence electrons. The van der Waals surface area contributed by atoms with Crippen LogP contribution in [0.3, 0.4) is 0 Å². The van der Waals surface area contributed by atoms with Crippen LogP contribution in [0.15, 0.2) is 0 Å². The summed E-state index contributed by atoms with van der Waals surface area (Å²) >= 11 is 0. The molecule has 0 spiro atoms. The highest BCUT2D eigenvalue weighted by Gasteiger charge is 2.42. The van der Waals surface area contributed by atoms with Crippen LogP contribution in [0.1, 0.15) is 38.5 Å². The quantitative estimate of drug-likeness (QED) is 0.724. The number of hydrogen-bond acceptors (Lipinski definition) is 3. The second kappa shape index (κ2) is 5.48. The van der Waals surface area contributed by atoms with Crippen molar-refractivity contribution >= 4 is 0 Å². The molecule has 0 amide bonds. The van der Waals surface area contributed by atoms with Crippen molar-refractivity contribution in [3.8, 4) is 0 Å². The van der Waals surface area contributed by atoms with E-state index in [9.17, 15) is 0 Å². The van der Waals surface area contributed by atoms with Crippen LogP contribution in [-0.4, -0.2) is 39.4 Å². The van der Waals surface area contributed by atoms with E-state index in [0.29, 0.717) is 5.41 Å². The molecule has 0 radical (unpaired) electrons. The molecule has 1 heterocycles. The summed E-state index contributed by atoms with van der Waals surface area (Å²) in [6, 6.07) is 0.827. The Morgan fingerprint density at radius 3 is 2.28 bits per heavy atom. The third kappa shape index (κ3) is 3.06. The van der Waals surface area contributed by atoms with Gasteiger partial charge in [0.1, 0.15) is 0 Å². The van der Waals surface area contributed by atoms with Crippen LogP contribution < -0.4 is 10.6 Å². The Bertz CT molecular complexity index is 250. The van der Waals surface area contributed by atoms with Crippen LogP contribution in [0.2, 0.25) is 0 Å². The summed E-state index contributed by atoms with van der Waals surface area (Å²) < 4.78 is 5.50. The second-order valence-electron chi connectivity index (χ2n) is 6.76. The van der Waals surface area contributed by atoms with Crippen molar-refractivity contribution in [3.05, 3.63) is 0 Å². The molecule has 2 aliphatic carbocycles. The zero-order valence-electron chi connectivity index (χ0n) is 11.7. The van der Waals surface area contributed by atoms with E-state index in [4.69, 9.17) is 4.74 Å². The zero-order valence-corrected chi connectivity index (χ0v) is 11.7. The van der Waals surface area contributed by atoms with Crippen LogP contribution in [0.4, 0.5) is 0 Å². The van der Waals surface area contributed by atoms with E-state index in [-0.39, 0.29) is 0 Å². The van der Waals surface area contributed by atoms with Gasteiger partial charge in [0.15, 0.2) is 0 Å². The van der Waals surface area contributed by atoms with Gasteiger partial charge in [-0.2, -0.15) is 0 Å². The molecule has 0 aromatic carbocycles. The molecule has 0 atom stereocenters. The smallest absolute Gasteiger partial charge is 0.0531 e. The van der Waals surface area contributed by atoms with E-state index >= 15 is 0 Å². The van der Waals surface area contributed by atoms with Crippen molar-refractivity contribution in [2.24, 2.45) is 17.3 Å². The Balaban J connectivity index is 1.54. The van der Waals surface area contributed by atoms with Gasteiger partial charge in [-0.1, -0.05) is 0 Å². The molecule has 0 bridgehead atoms. The molecular formula is C15H28N2O. The topological polar surface area (TPSA) is 33.3 Å². The first-order valence-electron chi connectivity index (χ1n) is 7.76. The fourth-order valence-corrected chi connectivity index (χ4v) is 3.60. The van der Waals surface area contributed by atoms with Crippen molar-refractivity contribution in [2.45, 2.75) is 44.6 Å². The third-order valence-electron chi connectivity index (χ3n) is 5.09. The molecule has 18 heavy (non-hydrogen) atoms. The van der Waals surface area contributed by atoms with E-state index < -0.39 is 0 Å². The predicted octanol–water partition coefficient (Wildman–Crippen LogP) is 1.78. The maximum absolute atomic E-state index is 5.50. The lowest BCUT2D eigenvalue weighted by molar-refractivity contribution is 0.0501. The zero-order chi connectivity index (χ0) is 12.4. The molecule has 2 saturated carbocycles. The minimum absolute atomic E-state index is 0.391. The van der Waals surface area contributed by atoms with Crippen molar-refractivity contribution < 1.29 is 4.74 Å². The second-order valence-corrected chi connectivity index (χ2v) is 6.76.